The fourth-order valence-corrected chi connectivity index (χ4v) is 1.45. The first-order valence-electron chi connectivity index (χ1n) is 5.14. The van der Waals surface area contributed by atoms with Crippen LogP contribution >= 0.6 is 27.5 Å². The highest BCUT2D eigenvalue weighted by Gasteiger charge is 2.25. The Bertz CT molecular complexity index is 483. The first-order valence-corrected chi connectivity index (χ1v) is 6.31. The molecule has 0 radical (unpaired) electrons. The molecule has 6 heteroatoms. The molecule has 1 aromatic carbocycles. The summed E-state index contributed by atoms with van der Waals surface area (Å²) in [5.74, 6) is -0.824. The minimum atomic E-state index is -0.736. The Kier molecular flexibility index (Phi) is 4.76. The normalized spacial score (nSPS) is 10.9. The predicted molar refractivity (Wildman–Crippen MR) is 74.4 cm³/mol. The zero-order valence-electron chi connectivity index (χ0n) is 10.2. The highest BCUT2D eigenvalue weighted by Crippen LogP contribution is 2.24. The van der Waals surface area contributed by atoms with Gasteiger partial charge in [-0.2, -0.15) is 0 Å². The zero-order valence-corrected chi connectivity index (χ0v) is 12.6. The number of hydrogen-bond donors (Lipinski definition) is 1. The molecule has 0 aliphatic carbocycles. The van der Waals surface area contributed by atoms with Crippen LogP contribution in [-0.2, 0) is 9.53 Å². The van der Waals surface area contributed by atoms with E-state index in [4.69, 9.17) is 11.6 Å². The predicted octanol–water partition coefficient (Wildman–Crippen LogP) is 3.24. The van der Waals surface area contributed by atoms with Gasteiger partial charge in [-0.05, 0) is 32.0 Å². The lowest BCUT2D eigenvalue weighted by atomic mass is 10.1. The largest absolute Gasteiger partial charge is 0.465 e. The van der Waals surface area contributed by atoms with E-state index >= 15 is 0 Å². The zero-order chi connectivity index (χ0) is 13.9. The van der Waals surface area contributed by atoms with E-state index < -0.39 is 10.3 Å². The van der Waals surface area contributed by atoms with Crippen LogP contribution in [0.15, 0.2) is 18.2 Å². The number of nitrogens with one attached hydrogen (secondary N) is 1. The molecule has 1 N–H and O–H groups in total. The second-order valence-corrected chi connectivity index (χ2v) is 6.53. The van der Waals surface area contributed by atoms with Crippen molar-refractivity contribution in [2.75, 3.05) is 12.4 Å². The van der Waals surface area contributed by atoms with Crippen molar-refractivity contribution >= 4 is 45.1 Å². The van der Waals surface area contributed by atoms with Gasteiger partial charge in [0.05, 0.1) is 22.7 Å². The minimum absolute atomic E-state index is 0.218. The Labute approximate surface area is 119 Å². The topological polar surface area (TPSA) is 55.4 Å². The Morgan fingerprint density at radius 2 is 2.00 bits per heavy atom. The molecule has 0 unspecified atom stereocenters. The van der Waals surface area contributed by atoms with Crippen LogP contribution < -0.4 is 5.32 Å². The maximum Gasteiger partial charge on any atom is 0.340 e. The number of benzene rings is 1. The van der Waals surface area contributed by atoms with Gasteiger partial charge in [0.1, 0.15) is 0 Å². The van der Waals surface area contributed by atoms with Gasteiger partial charge in [0, 0.05) is 5.02 Å². The van der Waals surface area contributed by atoms with Gasteiger partial charge in [-0.3, -0.25) is 4.79 Å². The highest BCUT2D eigenvalue weighted by molar-refractivity contribution is 9.10. The SMILES string of the molecule is COC(=O)c1cc(Cl)ccc1NC(=O)C(C)(C)Br. The maximum absolute atomic E-state index is 11.8. The molecule has 18 heavy (non-hydrogen) atoms. The summed E-state index contributed by atoms with van der Waals surface area (Å²) in [6.45, 7) is 3.41. The van der Waals surface area contributed by atoms with Crippen LogP contribution in [0.5, 0.6) is 0 Å². The van der Waals surface area contributed by atoms with E-state index in [2.05, 4.69) is 26.0 Å². The maximum atomic E-state index is 11.8. The van der Waals surface area contributed by atoms with Gasteiger partial charge in [0.15, 0.2) is 0 Å². The third-order valence-electron chi connectivity index (χ3n) is 2.18. The molecule has 98 valence electrons. The van der Waals surface area contributed by atoms with Gasteiger partial charge in [-0.15, -0.1) is 0 Å². The van der Waals surface area contributed by atoms with Crippen LogP contribution in [0.1, 0.15) is 24.2 Å². The van der Waals surface area contributed by atoms with Crippen molar-refractivity contribution in [1.29, 1.82) is 0 Å². The summed E-state index contributed by atoms with van der Waals surface area (Å²) in [6, 6.07) is 4.60. The molecule has 0 bridgehead atoms. The second kappa shape index (κ2) is 5.71. The summed E-state index contributed by atoms with van der Waals surface area (Å²) in [4.78, 5) is 23.4. The first kappa shape index (κ1) is 15.0. The van der Waals surface area contributed by atoms with Crippen molar-refractivity contribution in [2.24, 2.45) is 0 Å². The molecule has 0 saturated heterocycles. The summed E-state index contributed by atoms with van der Waals surface area (Å²) >= 11 is 9.05. The molecule has 0 aliphatic heterocycles. The molecule has 1 amide bonds. The molecule has 0 aliphatic rings. The summed E-state index contributed by atoms with van der Waals surface area (Å²) in [6.07, 6.45) is 0. The Balaban J connectivity index is 3.09. The van der Waals surface area contributed by atoms with Crippen molar-refractivity contribution in [1.82, 2.24) is 0 Å². The van der Waals surface area contributed by atoms with E-state index in [1.807, 2.05) is 0 Å². The number of alkyl halides is 1. The molecule has 0 fully saturated rings. The fraction of sp³-hybridized carbons (Fsp3) is 0.333. The number of ether oxygens (including phenoxy) is 1. The number of amides is 1. The van der Waals surface area contributed by atoms with Gasteiger partial charge >= 0.3 is 5.97 Å². The van der Waals surface area contributed by atoms with E-state index in [9.17, 15) is 9.59 Å². The summed E-state index contributed by atoms with van der Waals surface area (Å²) in [7, 11) is 1.27. The molecule has 1 aromatic rings. The van der Waals surface area contributed by atoms with Crippen LogP contribution in [0.25, 0.3) is 0 Å². The van der Waals surface area contributed by atoms with E-state index in [0.717, 1.165) is 0 Å². The van der Waals surface area contributed by atoms with Crippen LogP contribution in [0.4, 0.5) is 5.69 Å². The van der Waals surface area contributed by atoms with Crippen molar-refractivity contribution < 1.29 is 14.3 Å². The Morgan fingerprint density at radius 3 is 2.50 bits per heavy atom. The smallest absolute Gasteiger partial charge is 0.340 e. The number of carbonyl (C=O) groups excluding carboxylic acids is 2. The average Bonchev–Trinajstić information content (AvgIpc) is 2.29. The number of carbonyl (C=O) groups is 2. The Morgan fingerprint density at radius 1 is 1.39 bits per heavy atom. The lowest BCUT2D eigenvalue weighted by Gasteiger charge is -2.17. The molecule has 0 aromatic heterocycles. The molecule has 1 rings (SSSR count). The van der Waals surface area contributed by atoms with Crippen molar-refractivity contribution in [3.63, 3.8) is 0 Å². The summed E-state index contributed by atoms with van der Waals surface area (Å²) in [5, 5.41) is 3.04. The molecular formula is C12H13BrClNO3. The van der Waals surface area contributed by atoms with E-state index in [1.54, 1.807) is 26.0 Å². The number of esters is 1. The van der Waals surface area contributed by atoms with Crippen LogP contribution in [0, 0.1) is 0 Å². The number of hydrogen-bond acceptors (Lipinski definition) is 3. The van der Waals surface area contributed by atoms with Gasteiger partial charge < -0.3 is 10.1 Å². The van der Waals surface area contributed by atoms with Crippen molar-refractivity contribution in [2.45, 2.75) is 18.2 Å². The molecule has 0 heterocycles. The van der Waals surface area contributed by atoms with Crippen LogP contribution in [0.3, 0.4) is 0 Å². The van der Waals surface area contributed by atoms with E-state index in [-0.39, 0.29) is 11.5 Å². The van der Waals surface area contributed by atoms with Gasteiger partial charge in [-0.25, -0.2) is 4.79 Å². The third kappa shape index (κ3) is 3.71. The van der Waals surface area contributed by atoms with E-state index in [0.29, 0.717) is 10.7 Å². The van der Waals surface area contributed by atoms with Gasteiger partial charge in [0.25, 0.3) is 0 Å². The standard InChI is InChI=1S/C12H13BrClNO3/c1-12(2,13)11(17)15-9-5-4-7(14)6-8(9)10(16)18-3/h4-6H,1-3H3,(H,15,17). The van der Waals surface area contributed by atoms with Gasteiger partial charge in [0.2, 0.25) is 5.91 Å². The third-order valence-corrected chi connectivity index (χ3v) is 2.77. The number of halogens is 2. The lowest BCUT2D eigenvalue weighted by Crippen LogP contribution is -2.31. The number of methoxy groups -OCH3 is 1. The molecule has 0 spiro atoms. The second-order valence-electron chi connectivity index (χ2n) is 4.11. The molecule has 0 saturated carbocycles. The summed E-state index contributed by atoms with van der Waals surface area (Å²) in [5.41, 5.74) is 0.582. The van der Waals surface area contributed by atoms with Gasteiger partial charge in [-0.1, -0.05) is 27.5 Å². The molecule has 4 nitrogen and oxygen atoms in total. The number of rotatable bonds is 3. The average molecular weight is 335 g/mol. The Hall–Kier alpha value is -1.07. The minimum Gasteiger partial charge on any atom is -0.465 e. The van der Waals surface area contributed by atoms with Crippen molar-refractivity contribution in [3.8, 4) is 0 Å². The van der Waals surface area contributed by atoms with Crippen LogP contribution in [-0.4, -0.2) is 23.3 Å². The molecule has 0 atom stereocenters. The highest BCUT2D eigenvalue weighted by atomic mass is 79.9. The van der Waals surface area contributed by atoms with Crippen LogP contribution in [0.2, 0.25) is 5.02 Å². The molecular weight excluding hydrogens is 321 g/mol. The van der Waals surface area contributed by atoms with Crippen molar-refractivity contribution in [3.05, 3.63) is 28.8 Å². The number of anilines is 1. The first-order chi connectivity index (χ1) is 8.25. The quantitative estimate of drug-likeness (QED) is 0.682. The monoisotopic (exact) mass is 333 g/mol. The lowest BCUT2D eigenvalue weighted by molar-refractivity contribution is -0.117. The summed E-state index contributed by atoms with van der Waals surface area (Å²) < 4.78 is 3.90. The van der Waals surface area contributed by atoms with E-state index in [1.165, 1.54) is 13.2 Å². The fourth-order valence-electron chi connectivity index (χ4n) is 1.18.